The second kappa shape index (κ2) is 15.1. The Labute approximate surface area is 298 Å². The number of aromatic nitrogens is 1. The van der Waals surface area contributed by atoms with Gasteiger partial charge in [-0.05, 0) is 56.4 Å². The number of carbonyl (C=O) groups is 1. The number of halogens is 2. The van der Waals surface area contributed by atoms with E-state index in [0.29, 0.717) is 47.6 Å². The van der Waals surface area contributed by atoms with Gasteiger partial charge in [-0.1, -0.05) is 71.7 Å². The second-order valence-electron chi connectivity index (χ2n) is 13.5. The number of nitrogens with one attached hydrogen (secondary N) is 2. The van der Waals surface area contributed by atoms with Crippen molar-refractivity contribution in [1.82, 2.24) is 20.5 Å². The zero-order valence-corrected chi connectivity index (χ0v) is 30.0. The van der Waals surface area contributed by atoms with Crippen molar-refractivity contribution >= 4 is 29.1 Å². The maximum Gasteiger partial charge on any atom is 0.220 e. The molecule has 1 atom stereocenters. The maximum atomic E-state index is 11.5. The smallest absolute Gasteiger partial charge is 0.220 e. The molecular weight excluding hydrogens is 659 g/mol. The Morgan fingerprint density at radius 2 is 1.69 bits per heavy atom. The van der Waals surface area contributed by atoms with Gasteiger partial charge < -0.3 is 25.2 Å². The lowest BCUT2D eigenvalue weighted by atomic mass is 9.91. The van der Waals surface area contributed by atoms with Crippen LogP contribution in [0.15, 0.2) is 60.7 Å². The summed E-state index contributed by atoms with van der Waals surface area (Å²) in [6.45, 7) is 7.48. The number of pyridine rings is 1. The van der Waals surface area contributed by atoms with E-state index >= 15 is 0 Å². The highest BCUT2D eigenvalue weighted by molar-refractivity contribution is 6.39. The van der Waals surface area contributed by atoms with Gasteiger partial charge in [-0.3, -0.25) is 9.69 Å². The molecule has 3 aromatic carbocycles. The highest BCUT2D eigenvalue weighted by Gasteiger charge is 2.25. The van der Waals surface area contributed by atoms with E-state index in [-0.39, 0.29) is 11.9 Å². The van der Waals surface area contributed by atoms with Gasteiger partial charge in [0.05, 0.1) is 35.6 Å². The van der Waals surface area contributed by atoms with Crippen molar-refractivity contribution in [3.8, 4) is 45.1 Å². The molecule has 2 aliphatic rings. The molecule has 49 heavy (non-hydrogen) atoms. The average molecular weight is 704 g/mol. The SMILES string of the molecule is COc1cc(-c2cccc(-c3cccc(-c4ccc(CNCC5CCC(=O)N5)c(OC)n4)c3Cl)c2Cl)cc2c1CN(CCC(C)(C)O)CC2. The molecule has 6 rings (SSSR count). The zero-order chi connectivity index (χ0) is 34.7. The highest BCUT2D eigenvalue weighted by Crippen LogP contribution is 2.44. The van der Waals surface area contributed by atoms with Crippen LogP contribution >= 0.6 is 23.2 Å². The molecule has 1 aromatic heterocycles. The first-order valence-electron chi connectivity index (χ1n) is 16.8. The van der Waals surface area contributed by atoms with Gasteiger partial charge in [-0.25, -0.2) is 4.98 Å². The molecule has 1 amide bonds. The van der Waals surface area contributed by atoms with Crippen molar-refractivity contribution < 1.29 is 19.4 Å². The fraction of sp³-hybridized carbons (Fsp3) is 0.385. The molecular formula is C39H44Cl2N4O4. The molecule has 4 aromatic rings. The largest absolute Gasteiger partial charge is 0.496 e. The number of carbonyl (C=O) groups excluding carboxylic acids is 1. The monoisotopic (exact) mass is 702 g/mol. The number of methoxy groups -OCH3 is 2. The summed E-state index contributed by atoms with van der Waals surface area (Å²) in [5.41, 5.74) is 7.65. The lowest BCUT2D eigenvalue weighted by Gasteiger charge is -2.32. The minimum Gasteiger partial charge on any atom is -0.496 e. The topological polar surface area (TPSA) is 96.0 Å². The van der Waals surface area contributed by atoms with Crippen molar-refractivity contribution in [2.24, 2.45) is 0 Å². The molecule has 0 saturated carbocycles. The number of fused-ring (bicyclic) bond motifs is 1. The molecule has 0 bridgehead atoms. The number of aliphatic hydroxyl groups is 1. The predicted molar refractivity (Wildman–Crippen MR) is 196 cm³/mol. The number of rotatable bonds is 12. The van der Waals surface area contributed by atoms with Crippen molar-refractivity contribution in [3.05, 3.63) is 87.4 Å². The van der Waals surface area contributed by atoms with Crippen molar-refractivity contribution in [2.45, 2.75) is 64.3 Å². The summed E-state index contributed by atoms with van der Waals surface area (Å²) in [6, 6.07) is 20.3. The molecule has 3 N–H and O–H groups in total. The van der Waals surface area contributed by atoms with Crippen LogP contribution in [0, 0.1) is 0 Å². The Morgan fingerprint density at radius 3 is 2.37 bits per heavy atom. The number of benzene rings is 3. The quantitative estimate of drug-likeness (QED) is 0.143. The minimum absolute atomic E-state index is 0.105. The normalized spacial score (nSPS) is 16.4. The van der Waals surface area contributed by atoms with Gasteiger partial charge >= 0.3 is 0 Å². The van der Waals surface area contributed by atoms with Crippen LogP contribution in [0.4, 0.5) is 0 Å². The van der Waals surface area contributed by atoms with E-state index < -0.39 is 5.60 Å². The molecule has 10 heteroatoms. The van der Waals surface area contributed by atoms with Gasteiger partial charge in [-0.2, -0.15) is 0 Å². The summed E-state index contributed by atoms with van der Waals surface area (Å²) in [4.78, 5) is 18.7. The molecule has 0 spiro atoms. The van der Waals surface area contributed by atoms with Crippen LogP contribution in [0.2, 0.25) is 10.0 Å². The number of ether oxygens (including phenoxy) is 2. The molecule has 2 aliphatic heterocycles. The summed E-state index contributed by atoms with van der Waals surface area (Å²) in [6.07, 6.45) is 3.02. The van der Waals surface area contributed by atoms with E-state index in [1.165, 1.54) is 11.1 Å². The third-order valence-electron chi connectivity index (χ3n) is 9.44. The molecule has 1 saturated heterocycles. The minimum atomic E-state index is -0.693. The van der Waals surface area contributed by atoms with Gasteiger partial charge in [0.2, 0.25) is 11.8 Å². The van der Waals surface area contributed by atoms with E-state index in [9.17, 15) is 9.90 Å². The molecule has 1 unspecified atom stereocenters. The van der Waals surface area contributed by atoms with Gasteiger partial charge in [0, 0.05) is 78.6 Å². The Hall–Kier alpha value is -3.66. The Morgan fingerprint density at radius 1 is 0.980 bits per heavy atom. The Bertz CT molecular complexity index is 1820. The number of nitrogens with zero attached hydrogens (tertiary/aromatic N) is 2. The number of hydrogen-bond acceptors (Lipinski definition) is 7. The van der Waals surface area contributed by atoms with Crippen molar-refractivity contribution in [3.63, 3.8) is 0 Å². The van der Waals surface area contributed by atoms with Crippen LogP contribution in [-0.4, -0.2) is 66.4 Å². The maximum absolute atomic E-state index is 11.5. The second-order valence-corrected chi connectivity index (χ2v) is 14.3. The van der Waals surface area contributed by atoms with Crippen molar-refractivity contribution in [1.29, 1.82) is 0 Å². The summed E-state index contributed by atoms with van der Waals surface area (Å²) >= 11 is 14.3. The van der Waals surface area contributed by atoms with Crippen molar-refractivity contribution in [2.75, 3.05) is 33.9 Å². The molecule has 1 fully saturated rings. The molecule has 0 radical (unpaired) electrons. The number of hydrogen-bond donors (Lipinski definition) is 3. The van der Waals surface area contributed by atoms with Crippen LogP contribution in [-0.2, 0) is 24.3 Å². The van der Waals surface area contributed by atoms with E-state index in [1.807, 2.05) is 62.4 Å². The molecule has 258 valence electrons. The Kier molecular flexibility index (Phi) is 10.8. The van der Waals surface area contributed by atoms with E-state index in [2.05, 4.69) is 27.7 Å². The fourth-order valence-electron chi connectivity index (χ4n) is 6.69. The van der Waals surface area contributed by atoms with Gasteiger partial charge in [-0.15, -0.1) is 0 Å². The summed E-state index contributed by atoms with van der Waals surface area (Å²) in [7, 11) is 3.32. The van der Waals surface area contributed by atoms with Crippen LogP contribution in [0.5, 0.6) is 11.6 Å². The van der Waals surface area contributed by atoms with E-state index in [1.54, 1.807) is 14.2 Å². The third-order valence-corrected chi connectivity index (χ3v) is 10.3. The van der Waals surface area contributed by atoms with Crippen LogP contribution in [0.25, 0.3) is 33.5 Å². The summed E-state index contributed by atoms with van der Waals surface area (Å²) in [5, 5.41) is 17.8. The van der Waals surface area contributed by atoms with Crippen LogP contribution < -0.4 is 20.1 Å². The highest BCUT2D eigenvalue weighted by atomic mass is 35.5. The molecule has 8 nitrogen and oxygen atoms in total. The lowest BCUT2D eigenvalue weighted by Crippen LogP contribution is -2.35. The fourth-order valence-corrected chi connectivity index (χ4v) is 7.35. The molecule has 0 aliphatic carbocycles. The number of amides is 1. The predicted octanol–water partition coefficient (Wildman–Crippen LogP) is 7.29. The first-order chi connectivity index (χ1) is 23.5. The first-order valence-corrected chi connectivity index (χ1v) is 17.6. The third kappa shape index (κ3) is 8.05. The van der Waals surface area contributed by atoms with Crippen LogP contribution in [0.1, 0.15) is 49.8 Å². The van der Waals surface area contributed by atoms with Gasteiger partial charge in [0.25, 0.3) is 0 Å². The molecule has 3 heterocycles. The summed E-state index contributed by atoms with van der Waals surface area (Å²) < 4.78 is 11.6. The average Bonchev–Trinajstić information content (AvgIpc) is 3.51. The van der Waals surface area contributed by atoms with E-state index in [4.69, 9.17) is 37.7 Å². The lowest BCUT2D eigenvalue weighted by molar-refractivity contribution is -0.119. The van der Waals surface area contributed by atoms with Gasteiger partial charge in [0.1, 0.15) is 5.75 Å². The van der Waals surface area contributed by atoms with Gasteiger partial charge in [0.15, 0.2) is 0 Å². The standard InChI is InChI=1S/C39H44Cl2N4O4/c1-39(2,47)16-18-45-17-15-24-19-26(20-34(48-3)32(24)23-45)28-7-5-8-29(36(28)40)30-9-6-10-31(37(30)41)33-13-11-25(38(44-33)49-4)21-42-22-27-12-14-35(46)43-27/h5-11,13,19-20,27,42,47H,12,14-18,21-23H2,1-4H3,(H,43,46). The Balaban J connectivity index is 1.25. The first kappa shape index (κ1) is 35.2. The van der Waals surface area contributed by atoms with Crippen LogP contribution in [0.3, 0.4) is 0 Å². The zero-order valence-electron chi connectivity index (χ0n) is 28.5. The van der Waals surface area contributed by atoms with E-state index in [0.717, 1.165) is 71.6 Å². The summed E-state index contributed by atoms with van der Waals surface area (Å²) in [5.74, 6) is 1.46.